The van der Waals surface area contributed by atoms with Gasteiger partial charge in [-0.1, -0.05) is 13.8 Å². The first kappa shape index (κ1) is 14.3. The Labute approximate surface area is 115 Å². The van der Waals surface area contributed by atoms with E-state index in [0.29, 0.717) is 0 Å². The van der Waals surface area contributed by atoms with E-state index in [1.807, 2.05) is 13.0 Å². The maximum Gasteiger partial charge on any atom is 0.130 e. The van der Waals surface area contributed by atoms with E-state index in [1.165, 1.54) is 0 Å². The second-order valence-electron chi connectivity index (χ2n) is 5.89. The number of rotatable bonds is 4. The van der Waals surface area contributed by atoms with E-state index in [-0.39, 0.29) is 12.1 Å². The van der Waals surface area contributed by atoms with Gasteiger partial charge in [0.2, 0.25) is 0 Å². The summed E-state index contributed by atoms with van der Waals surface area (Å²) in [4.78, 5) is 8.85. The Morgan fingerprint density at radius 3 is 2.63 bits per heavy atom. The van der Waals surface area contributed by atoms with Crippen LogP contribution in [0.15, 0.2) is 6.07 Å². The smallest absolute Gasteiger partial charge is 0.130 e. The van der Waals surface area contributed by atoms with Crippen molar-refractivity contribution in [1.29, 1.82) is 0 Å². The molecule has 2 rings (SSSR count). The molecule has 1 aliphatic rings. The monoisotopic (exact) mass is 263 g/mol. The number of aryl methyl sites for hydroxylation is 2. The Bertz CT molecular complexity index is 425. The lowest BCUT2D eigenvalue weighted by molar-refractivity contribution is 0.155. The molecule has 0 aromatic carbocycles. The first-order chi connectivity index (χ1) is 9.07. The lowest BCUT2D eigenvalue weighted by Gasteiger charge is -2.39. The third kappa shape index (κ3) is 3.44. The summed E-state index contributed by atoms with van der Waals surface area (Å²) in [5, 5.41) is 13.3. The van der Waals surface area contributed by atoms with Crippen LogP contribution in [0.25, 0.3) is 0 Å². The molecule has 4 heteroatoms. The topological polar surface area (TPSA) is 58.0 Å². The SMILES string of the molecule is CCc1cc(NC2(CO)CCC(C)CC2)nc(C)n1. The van der Waals surface area contributed by atoms with Gasteiger partial charge in [-0.15, -0.1) is 0 Å². The fourth-order valence-corrected chi connectivity index (χ4v) is 2.78. The molecule has 19 heavy (non-hydrogen) atoms. The number of aromatic nitrogens is 2. The molecule has 0 unspecified atom stereocenters. The molecule has 1 fully saturated rings. The number of nitrogens with zero attached hydrogens (tertiary/aromatic N) is 2. The Hall–Kier alpha value is -1.16. The van der Waals surface area contributed by atoms with Crippen LogP contribution in [0.4, 0.5) is 5.82 Å². The van der Waals surface area contributed by atoms with Crippen molar-refractivity contribution < 1.29 is 5.11 Å². The molecule has 2 N–H and O–H groups in total. The van der Waals surface area contributed by atoms with E-state index in [1.54, 1.807) is 0 Å². The van der Waals surface area contributed by atoms with Crippen LogP contribution in [0.3, 0.4) is 0 Å². The van der Waals surface area contributed by atoms with Gasteiger partial charge in [-0.25, -0.2) is 9.97 Å². The van der Waals surface area contributed by atoms with Crippen LogP contribution in [0.5, 0.6) is 0 Å². The number of nitrogens with one attached hydrogen (secondary N) is 1. The van der Waals surface area contributed by atoms with Crippen molar-refractivity contribution in [1.82, 2.24) is 9.97 Å². The van der Waals surface area contributed by atoms with Gasteiger partial charge in [-0.2, -0.15) is 0 Å². The van der Waals surface area contributed by atoms with Gasteiger partial charge in [0.15, 0.2) is 0 Å². The maximum absolute atomic E-state index is 9.78. The predicted molar refractivity (Wildman–Crippen MR) is 77.2 cm³/mol. The molecule has 1 saturated carbocycles. The van der Waals surface area contributed by atoms with Crippen LogP contribution in [0.2, 0.25) is 0 Å². The van der Waals surface area contributed by atoms with Gasteiger partial charge >= 0.3 is 0 Å². The molecule has 4 nitrogen and oxygen atoms in total. The highest BCUT2D eigenvalue weighted by atomic mass is 16.3. The second kappa shape index (κ2) is 5.87. The molecule has 1 aromatic heterocycles. The van der Waals surface area contributed by atoms with Crippen molar-refractivity contribution in [3.63, 3.8) is 0 Å². The fourth-order valence-electron chi connectivity index (χ4n) is 2.78. The molecular formula is C15H25N3O. The summed E-state index contributed by atoms with van der Waals surface area (Å²) in [6.07, 6.45) is 5.25. The minimum absolute atomic E-state index is 0.171. The Morgan fingerprint density at radius 1 is 1.37 bits per heavy atom. The average molecular weight is 263 g/mol. The van der Waals surface area contributed by atoms with Crippen molar-refractivity contribution >= 4 is 5.82 Å². The summed E-state index contributed by atoms with van der Waals surface area (Å²) in [6, 6.07) is 2.00. The van der Waals surface area contributed by atoms with Crippen molar-refractivity contribution in [3.8, 4) is 0 Å². The third-order valence-corrected chi connectivity index (χ3v) is 4.18. The predicted octanol–water partition coefficient (Wildman–Crippen LogP) is 2.70. The maximum atomic E-state index is 9.78. The van der Waals surface area contributed by atoms with E-state index in [4.69, 9.17) is 0 Å². The van der Waals surface area contributed by atoms with E-state index in [2.05, 4.69) is 29.1 Å². The summed E-state index contributed by atoms with van der Waals surface area (Å²) in [7, 11) is 0. The highest BCUT2D eigenvalue weighted by Gasteiger charge is 2.33. The molecule has 106 valence electrons. The number of aliphatic hydroxyl groups is 1. The molecule has 0 atom stereocenters. The molecule has 0 aliphatic heterocycles. The summed E-state index contributed by atoms with van der Waals surface area (Å²) in [6.45, 7) is 6.46. The zero-order chi connectivity index (χ0) is 13.9. The molecule has 1 aromatic rings. The minimum Gasteiger partial charge on any atom is -0.394 e. The molecule has 1 heterocycles. The number of hydrogen-bond donors (Lipinski definition) is 2. The van der Waals surface area contributed by atoms with Gasteiger partial charge in [-0.3, -0.25) is 0 Å². The molecule has 1 aliphatic carbocycles. The molecular weight excluding hydrogens is 238 g/mol. The lowest BCUT2D eigenvalue weighted by atomic mass is 9.77. The first-order valence-corrected chi connectivity index (χ1v) is 7.30. The van der Waals surface area contributed by atoms with Crippen molar-refractivity contribution in [2.24, 2.45) is 5.92 Å². The van der Waals surface area contributed by atoms with Crippen molar-refractivity contribution in [3.05, 3.63) is 17.6 Å². The number of anilines is 1. The normalized spacial score (nSPS) is 27.3. The standard InChI is InChI=1S/C15H25N3O/c1-4-13-9-14(17-12(3)16-13)18-15(10-19)7-5-11(2)6-8-15/h9,11,19H,4-8,10H2,1-3H3,(H,16,17,18). The number of hydrogen-bond acceptors (Lipinski definition) is 4. The van der Waals surface area contributed by atoms with Gasteiger partial charge in [0.1, 0.15) is 11.6 Å². The lowest BCUT2D eigenvalue weighted by Crippen LogP contribution is -2.45. The summed E-state index contributed by atoms with van der Waals surface area (Å²) in [5.74, 6) is 2.41. The summed E-state index contributed by atoms with van der Waals surface area (Å²) >= 11 is 0. The number of aliphatic hydroxyl groups excluding tert-OH is 1. The van der Waals surface area contributed by atoms with Gasteiger partial charge < -0.3 is 10.4 Å². The van der Waals surface area contributed by atoms with Crippen LogP contribution in [0, 0.1) is 12.8 Å². The average Bonchev–Trinajstić information content (AvgIpc) is 2.41. The fraction of sp³-hybridized carbons (Fsp3) is 0.733. The minimum atomic E-state index is -0.196. The van der Waals surface area contributed by atoms with E-state index >= 15 is 0 Å². The van der Waals surface area contributed by atoms with Crippen LogP contribution in [-0.4, -0.2) is 27.2 Å². The molecule has 0 saturated heterocycles. The molecule has 0 spiro atoms. The molecule has 0 bridgehead atoms. The van der Waals surface area contributed by atoms with Crippen molar-refractivity contribution in [2.45, 2.75) is 58.4 Å². The highest BCUT2D eigenvalue weighted by Crippen LogP contribution is 2.34. The Morgan fingerprint density at radius 2 is 2.05 bits per heavy atom. The third-order valence-electron chi connectivity index (χ3n) is 4.18. The Balaban J connectivity index is 2.16. The van der Waals surface area contributed by atoms with Gasteiger partial charge in [0.25, 0.3) is 0 Å². The zero-order valence-corrected chi connectivity index (χ0v) is 12.2. The molecule has 0 radical (unpaired) electrons. The van der Waals surface area contributed by atoms with E-state index in [9.17, 15) is 5.11 Å². The second-order valence-corrected chi connectivity index (χ2v) is 5.89. The largest absolute Gasteiger partial charge is 0.394 e. The van der Waals surface area contributed by atoms with Crippen LogP contribution in [0.1, 0.15) is 51.0 Å². The summed E-state index contributed by atoms with van der Waals surface area (Å²) < 4.78 is 0. The van der Waals surface area contributed by atoms with E-state index < -0.39 is 0 Å². The zero-order valence-electron chi connectivity index (χ0n) is 12.2. The van der Waals surface area contributed by atoms with Crippen LogP contribution < -0.4 is 5.32 Å². The highest BCUT2D eigenvalue weighted by molar-refractivity contribution is 5.39. The van der Waals surface area contributed by atoms with Gasteiger partial charge in [-0.05, 0) is 44.9 Å². The van der Waals surface area contributed by atoms with Crippen LogP contribution >= 0.6 is 0 Å². The van der Waals surface area contributed by atoms with Crippen LogP contribution in [-0.2, 0) is 6.42 Å². The summed E-state index contributed by atoms with van der Waals surface area (Å²) in [5.41, 5.74) is 0.852. The van der Waals surface area contributed by atoms with Crippen molar-refractivity contribution in [2.75, 3.05) is 11.9 Å². The Kier molecular flexibility index (Phi) is 4.40. The first-order valence-electron chi connectivity index (χ1n) is 7.30. The molecule has 0 amide bonds. The van der Waals surface area contributed by atoms with Gasteiger partial charge in [0, 0.05) is 11.8 Å². The van der Waals surface area contributed by atoms with E-state index in [0.717, 1.165) is 55.4 Å². The quantitative estimate of drug-likeness (QED) is 0.877. The van der Waals surface area contributed by atoms with Gasteiger partial charge in [0.05, 0.1) is 12.1 Å².